The van der Waals surface area contributed by atoms with Crippen LogP contribution >= 0.6 is 0 Å². The van der Waals surface area contributed by atoms with Crippen molar-refractivity contribution in [2.24, 2.45) is 40.2 Å². The van der Waals surface area contributed by atoms with Gasteiger partial charge in [0, 0.05) is 18.3 Å². The van der Waals surface area contributed by atoms with E-state index >= 15 is 0 Å². The molecule has 4 fully saturated rings. The van der Waals surface area contributed by atoms with E-state index < -0.39 is 0 Å². The fraction of sp³-hybridized carbons (Fsp3) is 0.833. The lowest BCUT2D eigenvalue weighted by Gasteiger charge is -2.55. The van der Waals surface area contributed by atoms with Gasteiger partial charge in [0.1, 0.15) is 5.78 Å². The third kappa shape index (κ3) is 3.70. The van der Waals surface area contributed by atoms with Crippen LogP contribution in [-0.2, 0) is 14.3 Å². The summed E-state index contributed by atoms with van der Waals surface area (Å²) >= 11 is 0. The van der Waals surface area contributed by atoms with Crippen molar-refractivity contribution < 1.29 is 14.3 Å². The zero-order valence-electron chi connectivity index (χ0n) is 17.9. The van der Waals surface area contributed by atoms with E-state index in [4.69, 9.17) is 4.74 Å². The molecule has 0 N–H and O–H groups in total. The number of rotatable bonds is 5. The Kier molecular flexibility index (Phi) is 5.94. The summed E-state index contributed by atoms with van der Waals surface area (Å²) in [5, 5.41) is 3.62. The summed E-state index contributed by atoms with van der Waals surface area (Å²) < 4.78 is 4.71. The number of allylic oxidation sites excluding steroid dienone is 2. The number of nitroso groups, excluding NO2 is 1. The number of methoxy groups -OCH3 is 1. The largest absolute Gasteiger partial charge is 0.469 e. The Morgan fingerprint density at radius 1 is 1.17 bits per heavy atom. The van der Waals surface area contributed by atoms with Crippen molar-refractivity contribution in [1.29, 1.82) is 0 Å². The van der Waals surface area contributed by atoms with Crippen molar-refractivity contribution >= 4 is 11.8 Å². The van der Waals surface area contributed by atoms with Crippen LogP contribution in [0, 0.1) is 39.9 Å². The van der Waals surface area contributed by atoms with Crippen molar-refractivity contribution in [2.75, 3.05) is 7.11 Å². The molecule has 5 heteroatoms. The molecule has 29 heavy (non-hydrogen) atoms. The summed E-state index contributed by atoms with van der Waals surface area (Å²) in [7, 11) is 1.43. The second-order valence-electron chi connectivity index (χ2n) is 10.2. The van der Waals surface area contributed by atoms with Crippen LogP contribution in [0.5, 0.6) is 0 Å². The molecule has 6 unspecified atom stereocenters. The topological polar surface area (TPSA) is 72.8 Å². The number of ketones is 1. The molecule has 4 rings (SSSR count). The van der Waals surface area contributed by atoms with Gasteiger partial charge >= 0.3 is 5.97 Å². The van der Waals surface area contributed by atoms with Crippen molar-refractivity contribution in [2.45, 2.75) is 83.6 Å². The predicted molar refractivity (Wildman–Crippen MR) is 111 cm³/mol. The Bertz CT molecular complexity index is 701. The van der Waals surface area contributed by atoms with E-state index in [1.54, 1.807) is 0 Å². The Morgan fingerprint density at radius 3 is 2.72 bits per heavy atom. The lowest BCUT2D eigenvalue weighted by molar-refractivity contribution is -0.140. The van der Waals surface area contributed by atoms with E-state index in [0.29, 0.717) is 41.8 Å². The molecule has 7 atom stereocenters. The number of ether oxygens (including phenoxy) is 1. The van der Waals surface area contributed by atoms with Crippen LogP contribution in [0.3, 0.4) is 0 Å². The van der Waals surface area contributed by atoms with Gasteiger partial charge in [-0.1, -0.05) is 23.7 Å². The molecule has 4 saturated carbocycles. The van der Waals surface area contributed by atoms with Gasteiger partial charge in [0.15, 0.2) is 0 Å². The van der Waals surface area contributed by atoms with E-state index in [2.05, 4.69) is 18.2 Å². The van der Waals surface area contributed by atoms with E-state index in [-0.39, 0.29) is 17.4 Å². The first-order valence-electron chi connectivity index (χ1n) is 11.6. The van der Waals surface area contributed by atoms with Crippen LogP contribution in [0.4, 0.5) is 0 Å². The molecule has 0 radical (unpaired) electrons. The fourth-order valence-electron chi connectivity index (χ4n) is 7.45. The molecule has 0 aromatic heterocycles. The number of esters is 1. The van der Waals surface area contributed by atoms with Crippen LogP contribution in [0.2, 0.25) is 0 Å². The van der Waals surface area contributed by atoms with Gasteiger partial charge in [-0.15, -0.1) is 0 Å². The average Bonchev–Trinajstić information content (AvgIpc) is 3.04. The molecule has 0 aromatic carbocycles. The second-order valence-corrected chi connectivity index (χ2v) is 10.2. The minimum atomic E-state index is -0.148. The van der Waals surface area contributed by atoms with Gasteiger partial charge in [-0.05, 0) is 87.4 Å². The van der Waals surface area contributed by atoms with Gasteiger partial charge in [0.2, 0.25) is 0 Å². The lowest BCUT2D eigenvalue weighted by atomic mass is 9.49. The number of hydrogen-bond donors (Lipinski definition) is 0. The maximum absolute atomic E-state index is 12.5. The van der Waals surface area contributed by atoms with Gasteiger partial charge in [-0.3, -0.25) is 9.59 Å². The first kappa shape index (κ1) is 20.7. The molecular formula is C24H35NO4. The maximum Gasteiger partial charge on any atom is 0.305 e. The quantitative estimate of drug-likeness (QED) is 0.274. The first-order chi connectivity index (χ1) is 14.0. The van der Waals surface area contributed by atoms with Crippen LogP contribution < -0.4 is 0 Å². The number of carbonyl (C=O) groups excluding carboxylic acids is 2. The van der Waals surface area contributed by atoms with Gasteiger partial charge in [-0.2, -0.15) is 4.91 Å². The number of Topliss-reactive ketones (excluding diaryl/α,β-unsaturated/α-hetero) is 1. The van der Waals surface area contributed by atoms with Crippen LogP contribution in [-0.4, -0.2) is 24.9 Å². The highest BCUT2D eigenvalue weighted by Crippen LogP contribution is 2.62. The van der Waals surface area contributed by atoms with E-state index in [1.807, 2.05) is 0 Å². The third-order valence-corrected chi connectivity index (χ3v) is 8.99. The highest BCUT2D eigenvalue weighted by molar-refractivity contribution is 5.87. The summed E-state index contributed by atoms with van der Waals surface area (Å²) in [6, 6.07) is -0.0990. The fourth-order valence-corrected chi connectivity index (χ4v) is 7.45. The minimum absolute atomic E-state index is 0.0990. The molecule has 160 valence electrons. The Balaban J connectivity index is 1.44. The molecule has 0 spiro atoms. The molecule has 0 aromatic rings. The molecule has 0 bridgehead atoms. The molecule has 0 aliphatic heterocycles. The lowest BCUT2D eigenvalue weighted by Crippen LogP contribution is -2.52. The van der Waals surface area contributed by atoms with Crippen molar-refractivity contribution in [3.05, 3.63) is 16.6 Å². The van der Waals surface area contributed by atoms with Crippen LogP contribution in [0.15, 0.2) is 16.8 Å². The maximum atomic E-state index is 12.5. The number of unbranched alkanes of at least 4 members (excludes halogenated alkanes) is 1. The second kappa shape index (κ2) is 8.31. The SMILES string of the molecule is COC(=O)CCC/C=C1\CCC2C(C1)C(N=O)CC1C2CC[C@]2(C)C(=O)CCC12. The Morgan fingerprint density at radius 2 is 1.97 bits per heavy atom. The average molecular weight is 402 g/mol. The van der Waals surface area contributed by atoms with Gasteiger partial charge < -0.3 is 4.74 Å². The highest BCUT2D eigenvalue weighted by atomic mass is 16.5. The molecular weight excluding hydrogens is 366 g/mol. The summed E-state index contributed by atoms with van der Waals surface area (Å²) in [4.78, 5) is 35.6. The Labute approximate surface area is 174 Å². The molecule has 4 aliphatic carbocycles. The molecule has 4 aliphatic rings. The van der Waals surface area contributed by atoms with Gasteiger partial charge in [-0.25, -0.2) is 0 Å². The van der Waals surface area contributed by atoms with Gasteiger partial charge in [0.05, 0.1) is 13.2 Å². The number of fused-ring (bicyclic) bond motifs is 5. The van der Waals surface area contributed by atoms with Crippen molar-refractivity contribution in [3.8, 4) is 0 Å². The zero-order chi connectivity index (χ0) is 20.6. The molecule has 5 nitrogen and oxygen atoms in total. The number of hydrogen-bond acceptors (Lipinski definition) is 5. The summed E-state index contributed by atoms with van der Waals surface area (Å²) in [6.07, 6.45) is 12.5. The van der Waals surface area contributed by atoms with Crippen LogP contribution in [0.25, 0.3) is 0 Å². The number of nitrogens with zero attached hydrogens (tertiary/aromatic N) is 1. The van der Waals surface area contributed by atoms with Crippen LogP contribution in [0.1, 0.15) is 77.6 Å². The number of carbonyl (C=O) groups is 2. The summed E-state index contributed by atoms with van der Waals surface area (Å²) in [5.74, 6) is 2.91. The summed E-state index contributed by atoms with van der Waals surface area (Å²) in [6.45, 7) is 2.19. The first-order valence-corrected chi connectivity index (χ1v) is 11.6. The predicted octanol–water partition coefficient (Wildman–Crippen LogP) is 5.22. The minimum Gasteiger partial charge on any atom is -0.469 e. The standard InChI is InChI=1S/C24H35NO4/c1-24-12-11-17-16-8-7-15(5-3-4-6-23(27)29-2)13-19(16)21(25-28)14-18(17)20(24)9-10-22(24)26/h5,16-21H,3-4,6-14H2,1-2H3/b15-5+/t16?,17?,18?,19?,20?,21?,24-/m0/s1. The monoisotopic (exact) mass is 401 g/mol. The van der Waals surface area contributed by atoms with Crippen molar-refractivity contribution in [1.82, 2.24) is 0 Å². The molecule has 0 heterocycles. The van der Waals surface area contributed by atoms with Gasteiger partial charge in [0.25, 0.3) is 0 Å². The van der Waals surface area contributed by atoms with E-state index in [9.17, 15) is 14.5 Å². The normalized spacial score (nSPS) is 42.7. The third-order valence-electron chi connectivity index (χ3n) is 8.99. The van der Waals surface area contributed by atoms with E-state index in [1.165, 1.54) is 12.7 Å². The Hall–Kier alpha value is -1.52. The van der Waals surface area contributed by atoms with E-state index in [0.717, 1.165) is 64.2 Å². The van der Waals surface area contributed by atoms with Crippen molar-refractivity contribution in [3.63, 3.8) is 0 Å². The smallest absolute Gasteiger partial charge is 0.305 e. The molecule has 0 saturated heterocycles. The zero-order valence-corrected chi connectivity index (χ0v) is 17.9. The summed E-state index contributed by atoms with van der Waals surface area (Å²) in [5.41, 5.74) is 1.31. The molecule has 0 amide bonds. The highest BCUT2D eigenvalue weighted by Gasteiger charge is 2.58.